The predicted octanol–water partition coefficient (Wildman–Crippen LogP) is 5.95. The highest BCUT2D eigenvalue weighted by Gasteiger charge is 2.17. The molecule has 0 atom stereocenters. The van der Waals surface area contributed by atoms with Crippen LogP contribution in [0.15, 0.2) is 96.9 Å². The largest absolute Gasteiger partial charge is 0.297 e. The average molecular weight is 551 g/mol. The van der Waals surface area contributed by atoms with Crippen molar-refractivity contribution in [1.29, 1.82) is 0 Å². The number of rotatable bonds is 5. The van der Waals surface area contributed by atoms with Crippen LogP contribution in [-0.4, -0.2) is 20.3 Å². The van der Waals surface area contributed by atoms with Crippen molar-refractivity contribution in [3.8, 4) is 16.9 Å². The molecule has 0 aliphatic carbocycles. The van der Waals surface area contributed by atoms with Crippen LogP contribution in [0.3, 0.4) is 0 Å². The van der Waals surface area contributed by atoms with Crippen LogP contribution < -0.4 is 10.4 Å². The van der Waals surface area contributed by atoms with E-state index >= 15 is 0 Å². The van der Waals surface area contributed by atoms with Gasteiger partial charge in [-0.1, -0.05) is 52.3 Å². The van der Waals surface area contributed by atoms with Gasteiger partial charge in [-0.3, -0.25) is 9.48 Å². The summed E-state index contributed by atoms with van der Waals surface area (Å²) in [4.78, 5) is 19.9. The highest BCUT2D eigenvalue weighted by Crippen LogP contribution is 2.24. The first-order chi connectivity index (χ1) is 16.5. The summed E-state index contributed by atoms with van der Waals surface area (Å²) in [6, 6.07) is 21.6. The molecule has 0 saturated carbocycles. The molecule has 0 unspecified atom stereocenters. The normalized spacial score (nSPS) is 12.1. The molecule has 170 valence electrons. The number of aromatic nitrogens is 3. The minimum Gasteiger partial charge on any atom is -0.283 e. The van der Waals surface area contributed by atoms with Gasteiger partial charge in [0.15, 0.2) is 5.69 Å². The van der Waals surface area contributed by atoms with E-state index in [1.807, 2.05) is 102 Å². The number of hydrogen-bond acceptors (Lipinski definition) is 5. The minimum atomic E-state index is -0.169. The van der Waals surface area contributed by atoms with Gasteiger partial charge in [-0.25, -0.2) is 14.4 Å². The molecule has 3 aromatic heterocycles. The van der Waals surface area contributed by atoms with Gasteiger partial charge in [-0.05, 0) is 42.6 Å². The number of hydrogen-bond donors (Lipinski definition) is 0. The summed E-state index contributed by atoms with van der Waals surface area (Å²) in [7, 11) is 1.87. The van der Waals surface area contributed by atoms with Crippen molar-refractivity contribution < 1.29 is 0 Å². The van der Waals surface area contributed by atoms with Gasteiger partial charge in [0, 0.05) is 27.3 Å². The van der Waals surface area contributed by atoms with Gasteiger partial charge in [-0.15, -0.1) is 22.7 Å². The maximum atomic E-state index is 13.4. The molecule has 0 radical (unpaired) electrons. The van der Waals surface area contributed by atoms with Crippen molar-refractivity contribution in [1.82, 2.24) is 14.0 Å². The van der Waals surface area contributed by atoms with Crippen molar-refractivity contribution >= 4 is 50.5 Å². The van der Waals surface area contributed by atoms with Gasteiger partial charge in [0.05, 0.1) is 23.3 Å². The molecule has 5 rings (SSSR count). The number of nitrogens with zero attached hydrogens (tertiary/aromatic N) is 5. The van der Waals surface area contributed by atoms with E-state index in [-0.39, 0.29) is 5.56 Å². The fourth-order valence-corrected chi connectivity index (χ4v) is 5.41. The highest BCUT2D eigenvalue weighted by atomic mass is 79.9. The summed E-state index contributed by atoms with van der Waals surface area (Å²) >= 11 is 6.62. The molecular formula is C25H20BrN5OS2. The van der Waals surface area contributed by atoms with E-state index in [1.165, 1.54) is 11.3 Å². The molecule has 0 aliphatic heterocycles. The van der Waals surface area contributed by atoms with Crippen LogP contribution in [0.1, 0.15) is 10.6 Å². The Bertz CT molecular complexity index is 1610. The van der Waals surface area contributed by atoms with Crippen LogP contribution in [0, 0.1) is 6.92 Å². The third-order valence-electron chi connectivity index (χ3n) is 5.38. The molecule has 6 nitrogen and oxygen atoms in total. The van der Waals surface area contributed by atoms with Crippen LogP contribution >= 0.6 is 38.6 Å². The van der Waals surface area contributed by atoms with Crippen LogP contribution in [0.25, 0.3) is 16.9 Å². The summed E-state index contributed by atoms with van der Waals surface area (Å²) in [5, 5.41) is 8.77. The third-order valence-corrected chi connectivity index (χ3v) is 7.50. The first kappa shape index (κ1) is 22.5. The molecule has 0 saturated heterocycles. The molecule has 0 fully saturated rings. The van der Waals surface area contributed by atoms with E-state index in [9.17, 15) is 4.79 Å². The van der Waals surface area contributed by atoms with E-state index in [1.54, 1.807) is 20.7 Å². The van der Waals surface area contributed by atoms with Gasteiger partial charge < -0.3 is 0 Å². The maximum Gasteiger partial charge on any atom is 0.297 e. The summed E-state index contributed by atoms with van der Waals surface area (Å²) in [6.07, 6.45) is 1.82. The monoisotopic (exact) mass is 549 g/mol. The summed E-state index contributed by atoms with van der Waals surface area (Å²) < 4.78 is 6.24. The SMILES string of the molecule is Cc1c(N=c2scc(-c3cccc(Br)c3)n2N=Cc2cccs2)c(=O)n(-c2ccccc2)n1C. The summed E-state index contributed by atoms with van der Waals surface area (Å²) in [5.41, 5.74) is 3.70. The lowest BCUT2D eigenvalue weighted by Gasteiger charge is -2.07. The number of thiazole rings is 1. The Kier molecular flexibility index (Phi) is 6.32. The van der Waals surface area contributed by atoms with Gasteiger partial charge >= 0.3 is 0 Å². The molecule has 0 amide bonds. The van der Waals surface area contributed by atoms with Crippen LogP contribution in [0.4, 0.5) is 5.69 Å². The van der Waals surface area contributed by atoms with E-state index in [2.05, 4.69) is 15.9 Å². The van der Waals surface area contributed by atoms with Crippen LogP contribution in [0.2, 0.25) is 0 Å². The molecular weight excluding hydrogens is 530 g/mol. The molecule has 3 heterocycles. The van der Waals surface area contributed by atoms with Gasteiger partial charge in [0.2, 0.25) is 4.80 Å². The topological polar surface area (TPSA) is 56.6 Å². The van der Waals surface area contributed by atoms with Gasteiger partial charge in [0.1, 0.15) is 0 Å². The van der Waals surface area contributed by atoms with Crippen molar-refractivity contribution in [2.75, 3.05) is 0 Å². The number of benzene rings is 2. The summed E-state index contributed by atoms with van der Waals surface area (Å²) in [6.45, 7) is 1.90. The zero-order valence-electron chi connectivity index (χ0n) is 18.4. The number of para-hydroxylation sites is 1. The molecule has 5 aromatic rings. The van der Waals surface area contributed by atoms with Gasteiger partial charge in [0.25, 0.3) is 5.56 Å². The number of halogens is 1. The Labute approximate surface area is 212 Å². The van der Waals surface area contributed by atoms with Gasteiger partial charge in [-0.2, -0.15) is 5.10 Å². The third kappa shape index (κ3) is 4.29. The molecule has 2 aromatic carbocycles. The van der Waals surface area contributed by atoms with E-state index in [4.69, 9.17) is 10.1 Å². The Hall–Kier alpha value is -3.27. The Balaban J connectivity index is 1.71. The number of thiophene rings is 1. The second-order valence-electron chi connectivity index (χ2n) is 7.51. The van der Waals surface area contributed by atoms with E-state index < -0.39 is 0 Å². The lowest BCUT2D eigenvalue weighted by atomic mass is 10.2. The molecule has 0 bridgehead atoms. The Morgan fingerprint density at radius 2 is 1.82 bits per heavy atom. The average Bonchev–Trinajstić information content (AvgIpc) is 3.55. The van der Waals surface area contributed by atoms with Crippen LogP contribution in [0.5, 0.6) is 0 Å². The lowest BCUT2D eigenvalue weighted by Crippen LogP contribution is -2.19. The van der Waals surface area contributed by atoms with Crippen molar-refractivity contribution in [3.05, 3.63) is 108 Å². The van der Waals surface area contributed by atoms with Crippen molar-refractivity contribution in [3.63, 3.8) is 0 Å². The highest BCUT2D eigenvalue weighted by molar-refractivity contribution is 9.10. The molecule has 34 heavy (non-hydrogen) atoms. The quantitative estimate of drug-likeness (QED) is 0.250. The second-order valence-corrected chi connectivity index (χ2v) is 10.2. The zero-order chi connectivity index (χ0) is 23.7. The smallest absolute Gasteiger partial charge is 0.283 e. The molecule has 0 spiro atoms. The molecule has 9 heteroatoms. The first-order valence-corrected chi connectivity index (χ1v) is 13.0. The minimum absolute atomic E-state index is 0.169. The first-order valence-electron chi connectivity index (χ1n) is 10.5. The van der Waals surface area contributed by atoms with Crippen LogP contribution in [-0.2, 0) is 7.05 Å². The Morgan fingerprint density at radius 3 is 2.56 bits per heavy atom. The Morgan fingerprint density at radius 1 is 1.00 bits per heavy atom. The molecule has 0 N–H and O–H groups in total. The molecule has 0 aliphatic rings. The van der Waals surface area contributed by atoms with E-state index in [0.717, 1.165) is 32.0 Å². The lowest BCUT2D eigenvalue weighted by molar-refractivity contribution is 0.630. The van der Waals surface area contributed by atoms with E-state index in [0.29, 0.717) is 10.5 Å². The fourth-order valence-electron chi connectivity index (χ4n) is 3.59. The summed E-state index contributed by atoms with van der Waals surface area (Å²) in [5.74, 6) is 0. The maximum absolute atomic E-state index is 13.4. The van der Waals surface area contributed by atoms with Crippen molar-refractivity contribution in [2.24, 2.45) is 17.1 Å². The standard InChI is InChI=1S/C25H20BrN5OS2/c1-17-23(24(32)31(29(17)2)20-10-4-3-5-11-20)28-25-30(27-15-21-12-7-13-33-21)22(16-34-25)18-8-6-9-19(26)14-18/h3-16H,1-2H3. The fraction of sp³-hybridized carbons (Fsp3) is 0.0800. The second kappa shape index (κ2) is 9.54. The van der Waals surface area contributed by atoms with Crippen molar-refractivity contribution in [2.45, 2.75) is 6.92 Å². The predicted molar refractivity (Wildman–Crippen MR) is 144 cm³/mol. The zero-order valence-corrected chi connectivity index (χ0v) is 21.6.